The second-order valence-electron chi connectivity index (χ2n) is 6.96. The molecule has 1 aliphatic rings. The van der Waals surface area contributed by atoms with Crippen LogP contribution in [0.15, 0.2) is 24.3 Å². The highest BCUT2D eigenvalue weighted by atomic mass is 15.2. The summed E-state index contributed by atoms with van der Waals surface area (Å²) in [7, 11) is 0. The van der Waals surface area contributed by atoms with E-state index in [4.69, 9.17) is 5.73 Å². The van der Waals surface area contributed by atoms with Crippen molar-refractivity contribution >= 4 is 0 Å². The second kappa shape index (κ2) is 6.06. The molecule has 0 spiro atoms. The fourth-order valence-corrected chi connectivity index (χ4v) is 3.12. The highest BCUT2D eigenvalue weighted by Gasteiger charge is 2.24. The number of hydrogen-bond acceptors (Lipinski definition) is 2. The number of nitrogens with two attached hydrogens (primary N) is 1. The lowest BCUT2D eigenvalue weighted by atomic mass is 9.87. The smallest absolute Gasteiger partial charge is 0.0223 e. The molecular formula is C17H28N2. The molecule has 0 bridgehead atoms. The Morgan fingerprint density at radius 3 is 2.05 bits per heavy atom. The minimum atomic E-state index is 0.350. The molecule has 106 valence electrons. The third-order valence-corrected chi connectivity index (χ3v) is 4.09. The van der Waals surface area contributed by atoms with Gasteiger partial charge in [0.1, 0.15) is 0 Å². The lowest BCUT2D eigenvalue weighted by Crippen LogP contribution is -2.44. The Kier molecular flexibility index (Phi) is 4.64. The van der Waals surface area contributed by atoms with Crippen LogP contribution in [0.5, 0.6) is 0 Å². The molecule has 1 heterocycles. The van der Waals surface area contributed by atoms with Gasteiger partial charge < -0.3 is 5.73 Å². The Morgan fingerprint density at radius 1 is 1.11 bits per heavy atom. The predicted molar refractivity (Wildman–Crippen MR) is 82.3 cm³/mol. The number of hydrogen-bond donors (Lipinski definition) is 1. The van der Waals surface area contributed by atoms with Crippen LogP contribution in [0.25, 0.3) is 0 Å². The zero-order valence-electron chi connectivity index (χ0n) is 12.7. The van der Waals surface area contributed by atoms with Gasteiger partial charge in [0, 0.05) is 25.7 Å². The molecule has 0 saturated carbocycles. The summed E-state index contributed by atoms with van der Waals surface area (Å²) >= 11 is 0. The maximum absolute atomic E-state index is 6.03. The van der Waals surface area contributed by atoms with Gasteiger partial charge >= 0.3 is 0 Å². The minimum Gasteiger partial charge on any atom is -0.329 e. The Bertz CT molecular complexity index is 379. The predicted octanol–water partition coefficient (Wildman–Crippen LogP) is 2.85. The molecule has 1 atom stereocenters. The fourth-order valence-electron chi connectivity index (χ4n) is 3.12. The van der Waals surface area contributed by atoms with E-state index in [-0.39, 0.29) is 0 Å². The molecule has 1 aliphatic heterocycles. The van der Waals surface area contributed by atoms with E-state index in [2.05, 4.69) is 49.9 Å². The number of fused-ring (bicyclic) bond motifs is 1. The molecule has 2 nitrogen and oxygen atoms in total. The maximum Gasteiger partial charge on any atom is 0.0223 e. The van der Waals surface area contributed by atoms with Crippen molar-refractivity contribution in [3.63, 3.8) is 0 Å². The van der Waals surface area contributed by atoms with Crippen molar-refractivity contribution in [3.05, 3.63) is 35.4 Å². The minimum absolute atomic E-state index is 0.350. The van der Waals surface area contributed by atoms with Crippen LogP contribution in [-0.4, -0.2) is 30.6 Å². The third-order valence-electron chi connectivity index (χ3n) is 4.09. The topological polar surface area (TPSA) is 29.3 Å². The van der Waals surface area contributed by atoms with Crippen LogP contribution < -0.4 is 5.73 Å². The van der Waals surface area contributed by atoms with Gasteiger partial charge in [-0.25, -0.2) is 0 Å². The van der Waals surface area contributed by atoms with E-state index < -0.39 is 0 Å². The summed E-state index contributed by atoms with van der Waals surface area (Å²) in [6.07, 6.45) is 3.51. The van der Waals surface area contributed by atoms with Gasteiger partial charge in [0.2, 0.25) is 0 Å². The van der Waals surface area contributed by atoms with Crippen molar-refractivity contribution in [2.24, 2.45) is 11.1 Å². The SMILES string of the molecule is CC(C)(C)CC(CN)N1CCc2ccccc2CC1. The summed E-state index contributed by atoms with van der Waals surface area (Å²) in [6.45, 7) is 9.99. The van der Waals surface area contributed by atoms with Crippen molar-refractivity contribution in [2.75, 3.05) is 19.6 Å². The summed E-state index contributed by atoms with van der Waals surface area (Å²) in [5.41, 5.74) is 9.42. The summed E-state index contributed by atoms with van der Waals surface area (Å²) < 4.78 is 0. The van der Waals surface area contributed by atoms with Gasteiger partial charge in [-0.1, -0.05) is 45.0 Å². The van der Waals surface area contributed by atoms with Crippen LogP contribution >= 0.6 is 0 Å². The molecule has 0 amide bonds. The zero-order chi connectivity index (χ0) is 13.9. The first kappa shape index (κ1) is 14.5. The van der Waals surface area contributed by atoms with Crippen molar-refractivity contribution in [2.45, 2.75) is 46.1 Å². The van der Waals surface area contributed by atoms with Crippen molar-refractivity contribution in [1.82, 2.24) is 4.90 Å². The molecule has 0 aliphatic carbocycles. The van der Waals surface area contributed by atoms with Crippen LogP contribution in [0.3, 0.4) is 0 Å². The molecule has 0 aromatic heterocycles. The monoisotopic (exact) mass is 260 g/mol. The molecule has 1 unspecified atom stereocenters. The van der Waals surface area contributed by atoms with E-state index in [0.717, 1.165) is 32.5 Å². The number of nitrogens with zero attached hydrogens (tertiary/aromatic N) is 1. The molecule has 1 aromatic rings. The van der Waals surface area contributed by atoms with E-state index in [1.54, 1.807) is 0 Å². The third kappa shape index (κ3) is 4.05. The van der Waals surface area contributed by atoms with Gasteiger partial charge in [0.15, 0.2) is 0 Å². The van der Waals surface area contributed by atoms with Gasteiger partial charge in [0.25, 0.3) is 0 Å². The Labute approximate surface area is 118 Å². The molecule has 0 radical (unpaired) electrons. The lowest BCUT2D eigenvalue weighted by molar-refractivity contribution is 0.158. The van der Waals surface area contributed by atoms with E-state index in [1.807, 2.05) is 0 Å². The average Bonchev–Trinajstić information content (AvgIpc) is 2.57. The van der Waals surface area contributed by atoms with Crippen LogP contribution in [0.1, 0.15) is 38.3 Å². The first-order chi connectivity index (χ1) is 8.99. The highest BCUT2D eigenvalue weighted by Crippen LogP contribution is 2.25. The van der Waals surface area contributed by atoms with Crippen molar-refractivity contribution in [3.8, 4) is 0 Å². The molecule has 2 N–H and O–H groups in total. The normalized spacial score (nSPS) is 18.7. The van der Waals surface area contributed by atoms with Crippen LogP contribution in [0.4, 0.5) is 0 Å². The molecule has 19 heavy (non-hydrogen) atoms. The second-order valence-corrected chi connectivity index (χ2v) is 6.96. The van der Waals surface area contributed by atoms with Crippen LogP contribution in [0.2, 0.25) is 0 Å². The summed E-state index contributed by atoms with van der Waals surface area (Å²) in [5, 5.41) is 0. The lowest BCUT2D eigenvalue weighted by Gasteiger charge is -2.34. The molecule has 2 rings (SSSR count). The fraction of sp³-hybridized carbons (Fsp3) is 0.647. The van der Waals surface area contributed by atoms with Crippen LogP contribution in [-0.2, 0) is 12.8 Å². The maximum atomic E-state index is 6.03. The van der Waals surface area contributed by atoms with E-state index in [1.165, 1.54) is 17.5 Å². The van der Waals surface area contributed by atoms with E-state index >= 15 is 0 Å². The van der Waals surface area contributed by atoms with Gasteiger partial charge in [-0.05, 0) is 35.8 Å². The van der Waals surface area contributed by atoms with Gasteiger partial charge in [-0.15, -0.1) is 0 Å². The largest absolute Gasteiger partial charge is 0.329 e. The Balaban J connectivity index is 2.04. The standard InChI is InChI=1S/C17H28N2/c1-17(2,3)12-16(13-18)19-10-8-14-6-4-5-7-15(14)9-11-19/h4-7,16H,8-13,18H2,1-3H3. The first-order valence-electron chi connectivity index (χ1n) is 7.50. The van der Waals surface area contributed by atoms with Gasteiger partial charge in [-0.3, -0.25) is 4.90 Å². The van der Waals surface area contributed by atoms with E-state index in [0.29, 0.717) is 11.5 Å². The Hall–Kier alpha value is -0.860. The molecule has 0 saturated heterocycles. The summed E-state index contributed by atoms with van der Waals surface area (Å²) in [6, 6.07) is 9.39. The zero-order valence-corrected chi connectivity index (χ0v) is 12.7. The van der Waals surface area contributed by atoms with Crippen LogP contribution in [0, 0.1) is 5.41 Å². The number of benzene rings is 1. The summed E-state index contributed by atoms with van der Waals surface area (Å²) in [4.78, 5) is 2.60. The first-order valence-corrected chi connectivity index (χ1v) is 7.50. The molecular weight excluding hydrogens is 232 g/mol. The van der Waals surface area contributed by atoms with Gasteiger partial charge in [0.05, 0.1) is 0 Å². The molecule has 1 aromatic carbocycles. The highest BCUT2D eigenvalue weighted by molar-refractivity contribution is 5.28. The van der Waals surface area contributed by atoms with Crippen molar-refractivity contribution in [1.29, 1.82) is 0 Å². The molecule has 0 fully saturated rings. The van der Waals surface area contributed by atoms with E-state index in [9.17, 15) is 0 Å². The van der Waals surface area contributed by atoms with Gasteiger partial charge in [-0.2, -0.15) is 0 Å². The van der Waals surface area contributed by atoms with Crippen molar-refractivity contribution < 1.29 is 0 Å². The summed E-state index contributed by atoms with van der Waals surface area (Å²) in [5.74, 6) is 0. The Morgan fingerprint density at radius 2 is 1.63 bits per heavy atom. The quantitative estimate of drug-likeness (QED) is 0.905. The average molecular weight is 260 g/mol. The number of rotatable bonds is 3. The molecule has 2 heteroatoms.